The number of halogens is 2. The van der Waals surface area contributed by atoms with Crippen LogP contribution < -0.4 is 10.9 Å². The fourth-order valence-electron chi connectivity index (χ4n) is 4.18. The maximum atomic E-state index is 12.7. The van der Waals surface area contributed by atoms with E-state index in [1.54, 1.807) is 18.2 Å². The summed E-state index contributed by atoms with van der Waals surface area (Å²) in [6, 6.07) is 10.6. The third-order valence-electron chi connectivity index (χ3n) is 5.55. The van der Waals surface area contributed by atoms with Crippen molar-refractivity contribution in [2.75, 3.05) is 18.4 Å². The lowest BCUT2D eigenvalue weighted by molar-refractivity contribution is -0.117. The van der Waals surface area contributed by atoms with Crippen LogP contribution in [0.5, 0.6) is 0 Å². The summed E-state index contributed by atoms with van der Waals surface area (Å²) >= 11 is 12.2. The van der Waals surface area contributed by atoms with Gasteiger partial charge in [-0.15, -0.1) is 0 Å². The number of rotatable bonds is 7. The molecule has 2 aromatic carbocycles. The summed E-state index contributed by atoms with van der Waals surface area (Å²) in [4.78, 5) is 26.9. The van der Waals surface area contributed by atoms with Gasteiger partial charge in [-0.3, -0.25) is 9.69 Å². The van der Waals surface area contributed by atoms with Crippen molar-refractivity contribution in [1.82, 2.24) is 4.90 Å². The van der Waals surface area contributed by atoms with E-state index in [4.69, 9.17) is 27.6 Å². The van der Waals surface area contributed by atoms with Gasteiger partial charge in [-0.25, -0.2) is 4.79 Å². The van der Waals surface area contributed by atoms with Crippen LogP contribution in [0.2, 0.25) is 10.0 Å². The molecule has 0 aliphatic heterocycles. The monoisotopic (exact) mass is 458 g/mol. The molecule has 0 radical (unpaired) electrons. The fraction of sp³-hybridized carbons (Fsp3) is 0.333. The molecule has 1 aliphatic carbocycles. The van der Waals surface area contributed by atoms with Gasteiger partial charge in [0.05, 0.1) is 17.3 Å². The number of hydrogen-bond acceptors (Lipinski definition) is 4. The number of anilines is 1. The number of aryl methyl sites for hydroxylation is 2. The third-order valence-corrected chi connectivity index (χ3v) is 6.11. The zero-order chi connectivity index (χ0) is 22.0. The van der Waals surface area contributed by atoms with Gasteiger partial charge in [0.15, 0.2) is 0 Å². The SMILES string of the molecule is CCCN(CC(=O)Nc1cc(Cl)ccc1Cl)Cc1cc(=O)oc2cc3c(cc12)CCC3. The van der Waals surface area contributed by atoms with Gasteiger partial charge in [-0.1, -0.05) is 30.1 Å². The first-order valence-electron chi connectivity index (χ1n) is 10.5. The maximum Gasteiger partial charge on any atom is 0.336 e. The summed E-state index contributed by atoms with van der Waals surface area (Å²) in [5, 5.41) is 4.71. The lowest BCUT2D eigenvalue weighted by Gasteiger charge is -2.22. The lowest BCUT2D eigenvalue weighted by Crippen LogP contribution is -2.33. The van der Waals surface area contributed by atoms with Crippen molar-refractivity contribution < 1.29 is 9.21 Å². The lowest BCUT2D eigenvalue weighted by atomic mass is 10.0. The van der Waals surface area contributed by atoms with Gasteiger partial charge >= 0.3 is 5.63 Å². The van der Waals surface area contributed by atoms with Gasteiger partial charge in [-0.2, -0.15) is 0 Å². The van der Waals surface area contributed by atoms with Crippen LogP contribution >= 0.6 is 23.2 Å². The van der Waals surface area contributed by atoms with Crippen LogP contribution in [-0.2, 0) is 24.2 Å². The van der Waals surface area contributed by atoms with Crippen LogP contribution in [0.3, 0.4) is 0 Å². The van der Waals surface area contributed by atoms with E-state index in [0.717, 1.165) is 36.6 Å². The quantitative estimate of drug-likeness (QED) is 0.478. The van der Waals surface area contributed by atoms with E-state index in [1.807, 2.05) is 11.0 Å². The Morgan fingerprint density at radius 3 is 2.68 bits per heavy atom. The minimum atomic E-state index is -0.368. The summed E-state index contributed by atoms with van der Waals surface area (Å²) in [7, 11) is 0. The zero-order valence-corrected chi connectivity index (χ0v) is 18.9. The number of nitrogens with one attached hydrogen (secondary N) is 1. The van der Waals surface area contributed by atoms with E-state index in [2.05, 4.69) is 18.3 Å². The van der Waals surface area contributed by atoms with Crippen molar-refractivity contribution >= 4 is 45.8 Å². The Morgan fingerprint density at radius 1 is 1.13 bits per heavy atom. The molecule has 0 saturated carbocycles. The molecule has 3 aromatic rings. The minimum absolute atomic E-state index is 0.170. The second-order valence-electron chi connectivity index (χ2n) is 7.94. The van der Waals surface area contributed by atoms with Crippen LogP contribution in [0, 0.1) is 0 Å². The maximum absolute atomic E-state index is 12.7. The molecule has 1 N–H and O–H groups in total. The third kappa shape index (κ3) is 5.12. The number of benzene rings is 2. The molecule has 7 heteroatoms. The van der Waals surface area contributed by atoms with Crippen LogP contribution in [0.15, 0.2) is 45.6 Å². The van der Waals surface area contributed by atoms with Crippen molar-refractivity contribution in [2.45, 2.75) is 39.2 Å². The van der Waals surface area contributed by atoms with Crippen molar-refractivity contribution in [2.24, 2.45) is 0 Å². The molecule has 0 fully saturated rings. The molecule has 1 amide bonds. The van der Waals surface area contributed by atoms with Crippen LogP contribution in [0.4, 0.5) is 5.69 Å². The first-order valence-corrected chi connectivity index (χ1v) is 11.2. The summed E-state index contributed by atoms with van der Waals surface area (Å²) in [6.07, 6.45) is 4.07. The highest BCUT2D eigenvalue weighted by Crippen LogP contribution is 2.29. The highest BCUT2D eigenvalue weighted by molar-refractivity contribution is 6.35. The summed E-state index contributed by atoms with van der Waals surface area (Å²) in [5.41, 5.74) is 4.19. The largest absolute Gasteiger partial charge is 0.423 e. The first-order chi connectivity index (χ1) is 14.9. The van der Waals surface area contributed by atoms with Crippen molar-refractivity contribution in [3.8, 4) is 0 Å². The molecular weight excluding hydrogens is 435 g/mol. The number of amides is 1. The zero-order valence-electron chi connectivity index (χ0n) is 17.3. The van der Waals surface area contributed by atoms with Gasteiger partial charge in [-0.05, 0) is 79.3 Å². The van der Waals surface area contributed by atoms with E-state index in [1.165, 1.54) is 17.2 Å². The van der Waals surface area contributed by atoms with Crippen LogP contribution in [0.25, 0.3) is 11.0 Å². The second kappa shape index (κ2) is 9.43. The summed E-state index contributed by atoms with van der Waals surface area (Å²) < 4.78 is 5.47. The highest BCUT2D eigenvalue weighted by Gasteiger charge is 2.18. The highest BCUT2D eigenvalue weighted by atomic mass is 35.5. The van der Waals surface area contributed by atoms with Crippen LogP contribution in [-0.4, -0.2) is 23.9 Å². The molecule has 1 aromatic heterocycles. The van der Waals surface area contributed by atoms with Crippen molar-refractivity contribution in [1.29, 1.82) is 0 Å². The van der Waals surface area contributed by atoms with Gasteiger partial charge in [0.1, 0.15) is 5.58 Å². The molecular formula is C24H24Cl2N2O3. The Kier molecular flexibility index (Phi) is 6.65. The van der Waals surface area contributed by atoms with Gasteiger partial charge in [0, 0.05) is 23.0 Å². The Balaban J connectivity index is 1.57. The number of fused-ring (bicyclic) bond motifs is 2. The Morgan fingerprint density at radius 2 is 1.90 bits per heavy atom. The van der Waals surface area contributed by atoms with Crippen LogP contribution in [0.1, 0.15) is 36.5 Å². The predicted molar refractivity (Wildman–Crippen MR) is 125 cm³/mol. The molecule has 1 heterocycles. The van der Waals surface area contributed by atoms with Gasteiger partial charge < -0.3 is 9.73 Å². The smallest absolute Gasteiger partial charge is 0.336 e. The standard InChI is InChI=1S/C24H24Cl2N2O3/c1-2-8-28(14-23(29)27-21-12-18(25)6-7-20(21)26)13-17-11-24(30)31-22-10-16-5-3-4-15(16)9-19(17)22/h6-7,9-12H,2-5,8,13-14H2,1H3,(H,27,29). The second-order valence-corrected chi connectivity index (χ2v) is 8.79. The number of nitrogens with zero attached hydrogens (tertiary/aromatic N) is 1. The van der Waals surface area contributed by atoms with Crippen molar-refractivity contribution in [3.63, 3.8) is 0 Å². The number of hydrogen-bond donors (Lipinski definition) is 1. The number of carbonyl (C=O) groups is 1. The van der Waals surface area contributed by atoms with E-state index >= 15 is 0 Å². The molecule has 31 heavy (non-hydrogen) atoms. The molecule has 1 aliphatic rings. The summed E-state index contributed by atoms with van der Waals surface area (Å²) in [5.74, 6) is -0.189. The van der Waals surface area contributed by atoms with E-state index in [-0.39, 0.29) is 18.1 Å². The molecule has 0 atom stereocenters. The molecule has 0 saturated heterocycles. The molecule has 4 rings (SSSR count). The van der Waals surface area contributed by atoms with Crippen molar-refractivity contribution in [3.05, 3.63) is 73.6 Å². The Bertz CT molecular complexity index is 1190. The normalized spacial score (nSPS) is 13.0. The Labute approximate surface area is 190 Å². The average Bonchev–Trinajstić information content (AvgIpc) is 3.16. The molecule has 0 spiro atoms. The topological polar surface area (TPSA) is 62.6 Å². The van der Waals surface area contributed by atoms with E-state index in [9.17, 15) is 9.59 Å². The molecule has 5 nitrogen and oxygen atoms in total. The van der Waals surface area contributed by atoms with Gasteiger partial charge in [0.25, 0.3) is 0 Å². The van der Waals surface area contributed by atoms with E-state index < -0.39 is 0 Å². The molecule has 162 valence electrons. The average molecular weight is 459 g/mol. The Hall–Kier alpha value is -2.34. The predicted octanol–water partition coefficient (Wildman–Crippen LogP) is 5.44. The minimum Gasteiger partial charge on any atom is -0.423 e. The first kappa shape index (κ1) is 21.9. The number of carbonyl (C=O) groups excluding carboxylic acids is 1. The fourth-order valence-corrected chi connectivity index (χ4v) is 4.52. The van der Waals surface area contributed by atoms with Gasteiger partial charge in [0.2, 0.25) is 5.91 Å². The van der Waals surface area contributed by atoms with E-state index in [0.29, 0.717) is 34.4 Å². The molecule has 0 bridgehead atoms. The molecule has 0 unspecified atom stereocenters. The summed E-state index contributed by atoms with van der Waals surface area (Å²) in [6.45, 7) is 3.42.